The first-order chi connectivity index (χ1) is 9.65. The van der Waals surface area contributed by atoms with Gasteiger partial charge in [-0.3, -0.25) is 0 Å². The third-order valence-electron chi connectivity index (χ3n) is 4.71. The van der Waals surface area contributed by atoms with Gasteiger partial charge < -0.3 is 15.0 Å². The maximum Gasteiger partial charge on any atom is 0.350 e. The Morgan fingerprint density at radius 3 is 2.60 bits per heavy atom. The molecule has 2 fully saturated rings. The minimum atomic E-state index is -0.201. The number of aryl methyl sites for hydroxylation is 1. The van der Waals surface area contributed by atoms with E-state index in [1.54, 1.807) is 0 Å². The van der Waals surface area contributed by atoms with Crippen LogP contribution in [-0.2, 0) is 4.74 Å². The molecule has 1 aromatic rings. The van der Waals surface area contributed by atoms with E-state index in [1.165, 1.54) is 49.7 Å². The van der Waals surface area contributed by atoms with E-state index in [9.17, 15) is 4.79 Å². The van der Waals surface area contributed by atoms with Gasteiger partial charge in [0.05, 0.1) is 12.8 Å². The van der Waals surface area contributed by atoms with Gasteiger partial charge in [0.1, 0.15) is 4.88 Å². The van der Waals surface area contributed by atoms with Crippen molar-refractivity contribution in [3.63, 3.8) is 0 Å². The van der Waals surface area contributed by atoms with Gasteiger partial charge >= 0.3 is 5.97 Å². The summed E-state index contributed by atoms with van der Waals surface area (Å²) in [6.07, 6.45) is 4.81. The lowest BCUT2D eigenvalue weighted by atomic mass is 9.96. The van der Waals surface area contributed by atoms with Crippen LogP contribution >= 0.6 is 11.3 Å². The van der Waals surface area contributed by atoms with E-state index < -0.39 is 0 Å². The third-order valence-corrected chi connectivity index (χ3v) is 5.78. The Balaban J connectivity index is 1.94. The van der Waals surface area contributed by atoms with Gasteiger partial charge in [0.15, 0.2) is 0 Å². The molecule has 1 N–H and O–H groups in total. The Hall–Kier alpha value is -1.07. The summed E-state index contributed by atoms with van der Waals surface area (Å²) in [5.41, 5.74) is 2.33. The summed E-state index contributed by atoms with van der Waals surface area (Å²) in [6, 6.07) is 1.73. The monoisotopic (exact) mass is 294 g/mol. The number of piperidine rings is 1. The molecule has 5 heteroatoms. The normalized spacial score (nSPS) is 28.8. The second kappa shape index (κ2) is 5.37. The van der Waals surface area contributed by atoms with Crippen molar-refractivity contribution in [1.82, 2.24) is 5.32 Å². The fraction of sp³-hybridized carbons (Fsp3) is 0.667. The molecule has 0 aromatic carbocycles. The first-order valence-corrected chi connectivity index (χ1v) is 8.15. The molecule has 2 aliphatic rings. The molecular weight excluding hydrogens is 272 g/mol. The van der Waals surface area contributed by atoms with Crippen molar-refractivity contribution in [2.24, 2.45) is 0 Å². The van der Waals surface area contributed by atoms with Gasteiger partial charge in [-0.25, -0.2) is 4.79 Å². The molecule has 1 aromatic heterocycles. The number of carbonyl (C=O) groups is 1. The molecule has 20 heavy (non-hydrogen) atoms. The highest BCUT2D eigenvalue weighted by Gasteiger charge is 2.42. The molecule has 3 heterocycles. The van der Waals surface area contributed by atoms with E-state index in [4.69, 9.17) is 4.74 Å². The number of thiophene rings is 1. The summed E-state index contributed by atoms with van der Waals surface area (Å²) in [5, 5.41) is 5.49. The fourth-order valence-corrected chi connectivity index (χ4v) is 4.74. The molecular formula is C15H22N2O2S. The van der Waals surface area contributed by atoms with Crippen molar-refractivity contribution in [3.8, 4) is 0 Å². The van der Waals surface area contributed by atoms with Crippen LogP contribution in [0.4, 0.5) is 5.69 Å². The zero-order valence-electron chi connectivity index (χ0n) is 12.3. The topological polar surface area (TPSA) is 41.6 Å². The predicted molar refractivity (Wildman–Crippen MR) is 81.8 cm³/mol. The van der Waals surface area contributed by atoms with Crippen molar-refractivity contribution in [3.05, 3.63) is 15.8 Å². The number of nitrogens with one attached hydrogen (secondary N) is 1. The quantitative estimate of drug-likeness (QED) is 0.870. The molecule has 0 radical (unpaired) electrons. The standard InChI is InChI=1S/C15H22N2O2S/c1-9-8-20-14(15(18)19-3)13(9)17-11-4-5-12(17)7-10(6-11)16-2/h8,10-12,16H,4-7H2,1-3H3. The van der Waals surface area contributed by atoms with Crippen molar-refractivity contribution in [2.45, 2.75) is 50.7 Å². The van der Waals surface area contributed by atoms with Crippen LogP contribution in [0.2, 0.25) is 0 Å². The summed E-state index contributed by atoms with van der Waals surface area (Å²) in [5.74, 6) is -0.201. The first kappa shape index (κ1) is 13.9. The average Bonchev–Trinajstić information content (AvgIpc) is 2.94. The van der Waals surface area contributed by atoms with Gasteiger partial charge in [0.25, 0.3) is 0 Å². The predicted octanol–water partition coefficient (Wildman–Crippen LogP) is 2.56. The summed E-state index contributed by atoms with van der Waals surface area (Å²) < 4.78 is 4.95. The number of hydrogen-bond donors (Lipinski definition) is 1. The number of nitrogens with zero attached hydrogens (tertiary/aromatic N) is 1. The number of hydrogen-bond acceptors (Lipinski definition) is 5. The highest BCUT2D eigenvalue weighted by molar-refractivity contribution is 7.12. The number of rotatable bonds is 3. The van der Waals surface area contributed by atoms with E-state index in [-0.39, 0.29) is 5.97 Å². The van der Waals surface area contributed by atoms with Crippen LogP contribution in [0.1, 0.15) is 40.9 Å². The molecule has 2 aliphatic heterocycles. The largest absolute Gasteiger partial charge is 0.465 e. The molecule has 0 aliphatic carbocycles. The number of ether oxygens (including phenoxy) is 1. The smallest absolute Gasteiger partial charge is 0.350 e. The molecule has 3 rings (SSSR count). The Labute approximate surface area is 124 Å². The summed E-state index contributed by atoms with van der Waals surface area (Å²) in [6.45, 7) is 2.10. The molecule has 4 nitrogen and oxygen atoms in total. The third kappa shape index (κ3) is 2.13. The molecule has 0 spiro atoms. The van der Waals surface area contributed by atoms with E-state index >= 15 is 0 Å². The lowest BCUT2D eigenvalue weighted by Crippen LogP contribution is -2.49. The molecule has 2 saturated heterocycles. The van der Waals surface area contributed by atoms with Crippen LogP contribution in [0.25, 0.3) is 0 Å². The van der Waals surface area contributed by atoms with Crippen molar-refractivity contribution in [2.75, 3.05) is 19.1 Å². The van der Waals surface area contributed by atoms with Crippen molar-refractivity contribution >= 4 is 23.0 Å². The molecule has 0 saturated carbocycles. The van der Waals surface area contributed by atoms with E-state index in [0.717, 1.165) is 10.6 Å². The highest BCUT2D eigenvalue weighted by atomic mass is 32.1. The van der Waals surface area contributed by atoms with Gasteiger partial charge in [-0.05, 0) is 50.6 Å². The van der Waals surface area contributed by atoms with Gasteiger partial charge in [-0.15, -0.1) is 11.3 Å². The highest BCUT2D eigenvalue weighted by Crippen LogP contribution is 2.44. The summed E-state index contributed by atoms with van der Waals surface area (Å²) in [7, 11) is 3.51. The molecule has 110 valence electrons. The maximum absolute atomic E-state index is 12.0. The van der Waals surface area contributed by atoms with Crippen LogP contribution < -0.4 is 10.2 Å². The number of methoxy groups -OCH3 is 1. The van der Waals surface area contributed by atoms with Gasteiger partial charge in [-0.1, -0.05) is 0 Å². The Morgan fingerprint density at radius 2 is 2.05 bits per heavy atom. The first-order valence-electron chi connectivity index (χ1n) is 7.27. The number of anilines is 1. The molecule has 2 bridgehead atoms. The van der Waals surface area contributed by atoms with Crippen LogP contribution in [0.5, 0.6) is 0 Å². The second-order valence-electron chi connectivity index (χ2n) is 5.84. The minimum absolute atomic E-state index is 0.201. The Morgan fingerprint density at radius 1 is 1.40 bits per heavy atom. The minimum Gasteiger partial charge on any atom is -0.465 e. The van der Waals surface area contributed by atoms with E-state index in [2.05, 4.69) is 29.6 Å². The van der Waals surface area contributed by atoms with Crippen LogP contribution in [0, 0.1) is 6.92 Å². The Bertz CT molecular complexity index is 500. The lowest BCUT2D eigenvalue weighted by molar-refractivity contribution is 0.0606. The zero-order chi connectivity index (χ0) is 14.3. The van der Waals surface area contributed by atoms with Crippen molar-refractivity contribution in [1.29, 1.82) is 0 Å². The van der Waals surface area contributed by atoms with E-state index in [0.29, 0.717) is 18.1 Å². The maximum atomic E-state index is 12.0. The van der Waals surface area contributed by atoms with Gasteiger partial charge in [0, 0.05) is 18.1 Å². The van der Waals surface area contributed by atoms with Gasteiger partial charge in [-0.2, -0.15) is 0 Å². The number of carbonyl (C=O) groups excluding carboxylic acids is 1. The average molecular weight is 294 g/mol. The van der Waals surface area contributed by atoms with E-state index in [1.807, 2.05) is 0 Å². The summed E-state index contributed by atoms with van der Waals surface area (Å²) >= 11 is 1.51. The van der Waals surface area contributed by atoms with Crippen LogP contribution in [0.15, 0.2) is 5.38 Å². The Kier molecular flexibility index (Phi) is 3.73. The number of fused-ring (bicyclic) bond motifs is 2. The molecule has 0 amide bonds. The zero-order valence-corrected chi connectivity index (χ0v) is 13.1. The number of esters is 1. The lowest BCUT2D eigenvalue weighted by Gasteiger charge is -2.41. The van der Waals surface area contributed by atoms with Gasteiger partial charge in [0.2, 0.25) is 0 Å². The SMILES string of the molecule is CNC1CC2CCC(C1)N2c1c(C)csc1C(=O)OC. The van der Waals surface area contributed by atoms with Crippen LogP contribution in [0.3, 0.4) is 0 Å². The fourth-order valence-electron chi connectivity index (χ4n) is 3.77. The second-order valence-corrected chi connectivity index (χ2v) is 6.72. The molecule has 2 unspecified atom stereocenters. The molecule has 2 atom stereocenters. The van der Waals surface area contributed by atoms with Crippen LogP contribution in [-0.4, -0.2) is 38.3 Å². The van der Waals surface area contributed by atoms with Crippen molar-refractivity contribution < 1.29 is 9.53 Å². The summed E-state index contributed by atoms with van der Waals surface area (Å²) in [4.78, 5) is 15.3.